The van der Waals surface area contributed by atoms with Crippen molar-refractivity contribution in [3.8, 4) is 5.75 Å². The van der Waals surface area contributed by atoms with E-state index in [9.17, 15) is 4.79 Å². The van der Waals surface area contributed by atoms with E-state index >= 15 is 0 Å². The quantitative estimate of drug-likeness (QED) is 0.616. The van der Waals surface area contributed by atoms with Gasteiger partial charge in [-0.1, -0.05) is 12.1 Å². The summed E-state index contributed by atoms with van der Waals surface area (Å²) < 4.78 is 16.1. The van der Waals surface area contributed by atoms with Crippen LogP contribution >= 0.6 is 6.64 Å². The normalized spacial score (nSPS) is 13.8. The zero-order valence-corrected chi connectivity index (χ0v) is 13.8. The molecule has 1 aromatic rings. The molecular formula is C13H20NO4PS. The van der Waals surface area contributed by atoms with Gasteiger partial charge in [0.25, 0.3) is 0 Å². The molecule has 0 amide bonds. The highest BCUT2D eigenvalue weighted by Crippen LogP contribution is 2.46. The number of ether oxygens (including phenoxy) is 1. The predicted molar refractivity (Wildman–Crippen MR) is 82.6 cm³/mol. The summed E-state index contributed by atoms with van der Waals surface area (Å²) in [4.78, 5) is 11.7. The third-order valence-electron chi connectivity index (χ3n) is 2.23. The molecule has 112 valence electrons. The van der Waals surface area contributed by atoms with Crippen LogP contribution in [0.5, 0.6) is 5.75 Å². The SMILES string of the molecule is CCOP(=S)(NC(C)C)Oc1ccccc1C(=O)OC. The fourth-order valence-electron chi connectivity index (χ4n) is 1.53. The molecule has 1 N–H and O–H groups in total. The number of hydrogen-bond acceptors (Lipinski definition) is 5. The number of carbonyl (C=O) groups is 1. The number of rotatable bonds is 7. The van der Waals surface area contributed by atoms with Crippen molar-refractivity contribution in [1.29, 1.82) is 0 Å². The molecule has 20 heavy (non-hydrogen) atoms. The second kappa shape index (κ2) is 7.74. The number of nitrogens with one attached hydrogen (secondary N) is 1. The molecule has 5 nitrogen and oxygen atoms in total. The highest BCUT2D eigenvalue weighted by atomic mass is 32.5. The number of carbonyl (C=O) groups excluding carboxylic acids is 1. The van der Waals surface area contributed by atoms with Gasteiger partial charge in [0.1, 0.15) is 11.3 Å². The molecule has 0 aliphatic rings. The van der Waals surface area contributed by atoms with Crippen molar-refractivity contribution < 1.29 is 18.6 Å². The second-order valence-electron chi connectivity index (χ2n) is 4.28. The maximum absolute atomic E-state index is 11.7. The van der Waals surface area contributed by atoms with Crippen LogP contribution in [0.1, 0.15) is 31.1 Å². The van der Waals surface area contributed by atoms with Gasteiger partial charge in [-0.25, -0.2) is 9.88 Å². The van der Waals surface area contributed by atoms with Crippen molar-refractivity contribution in [2.45, 2.75) is 26.8 Å². The van der Waals surface area contributed by atoms with Crippen LogP contribution < -0.4 is 9.61 Å². The molecule has 1 rings (SSSR count). The molecule has 0 aliphatic heterocycles. The Morgan fingerprint density at radius 3 is 2.60 bits per heavy atom. The van der Waals surface area contributed by atoms with Crippen LogP contribution in [-0.4, -0.2) is 25.7 Å². The number of hydrogen-bond donors (Lipinski definition) is 1. The van der Waals surface area contributed by atoms with Gasteiger partial charge in [-0.05, 0) is 44.7 Å². The highest BCUT2D eigenvalue weighted by Gasteiger charge is 2.24. The summed E-state index contributed by atoms with van der Waals surface area (Å²) in [7, 11) is 1.32. The van der Waals surface area contributed by atoms with Gasteiger partial charge in [0.2, 0.25) is 0 Å². The molecule has 0 bridgehead atoms. The van der Waals surface area contributed by atoms with Gasteiger partial charge in [0.05, 0.1) is 13.7 Å². The van der Waals surface area contributed by atoms with Crippen molar-refractivity contribution in [3.63, 3.8) is 0 Å². The van der Waals surface area contributed by atoms with Gasteiger partial charge in [-0.3, -0.25) is 0 Å². The Labute approximate surface area is 124 Å². The van der Waals surface area contributed by atoms with Gasteiger partial charge in [-0.15, -0.1) is 0 Å². The Bertz CT molecular complexity index is 507. The van der Waals surface area contributed by atoms with Crippen molar-refractivity contribution in [2.75, 3.05) is 13.7 Å². The molecule has 0 radical (unpaired) electrons. The Morgan fingerprint density at radius 2 is 2.05 bits per heavy atom. The van der Waals surface area contributed by atoms with E-state index in [1.165, 1.54) is 7.11 Å². The molecule has 1 unspecified atom stereocenters. The Kier molecular flexibility index (Phi) is 6.62. The maximum atomic E-state index is 11.7. The average Bonchev–Trinajstić information content (AvgIpc) is 2.37. The zero-order chi connectivity index (χ0) is 15.2. The number of esters is 1. The molecule has 7 heteroatoms. The van der Waals surface area contributed by atoms with E-state index in [0.717, 1.165) is 0 Å². The van der Waals surface area contributed by atoms with E-state index in [4.69, 9.17) is 25.6 Å². The smallest absolute Gasteiger partial charge is 0.341 e. The first-order valence-electron chi connectivity index (χ1n) is 6.31. The molecular weight excluding hydrogens is 297 g/mol. The van der Waals surface area contributed by atoms with Crippen LogP contribution in [0.15, 0.2) is 24.3 Å². The maximum Gasteiger partial charge on any atom is 0.341 e. The molecule has 0 heterocycles. The molecule has 0 aliphatic carbocycles. The number of para-hydroxylation sites is 1. The molecule has 0 aromatic heterocycles. The summed E-state index contributed by atoms with van der Waals surface area (Å²) >= 11 is 5.45. The van der Waals surface area contributed by atoms with Crippen molar-refractivity contribution in [2.24, 2.45) is 0 Å². The molecule has 0 fully saturated rings. The van der Waals surface area contributed by atoms with Gasteiger partial charge in [0, 0.05) is 6.04 Å². The minimum atomic E-state index is -2.70. The fraction of sp³-hybridized carbons (Fsp3) is 0.462. The van der Waals surface area contributed by atoms with Crippen LogP contribution in [0.3, 0.4) is 0 Å². The minimum absolute atomic E-state index is 0.109. The monoisotopic (exact) mass is 317 g/mol. The molecule has 0 saturated carbocycles. The average molecular weight is 317 g/mol. The lowest BCUT2D eigenvalue weighted by molar-refractivity contribution is 0.0598. The summed E-state index contributed by atoms with van der Waals surface area (Å²) in [5.41, 5.74) is 0.328. The lowest BCUT2D eigenvalue weighted by Gasteiger charge is -2.25. The number of methoxy groups -OCH3 is 1. The van der Waals surface area contributed by atoms with Crippen molar-refractivity contribution in [3.05, 3.63) is 29.8 Å². The third-order valence-corrected chi connectivity index (χ3v) is 4.95. The Balaban J connectivity index is 3.05. The standard InChI is InChI=1S/C13H20NO4PS/c1-5-17-19(20,14-10(2)3)18-12-9-7-6-8-11(12)13(15)16-4/h6-10H,5H2,1-4H3,(H,14,20). The Hall–Kier alpha value is -0.940. The van der Waals surface area contributed by atoms with E-state index in [2.05, 4.69) is 5.09 Å². The first-order chi connectivity index (χ1) is 9.41. The summed E-state index contributed by atoms with van der Waals surface area (Å²) in [5, 5.41) is 3.12. The predicted octanol–water partition coefficient (Wildman–Crippen LogP) is 3.11. The van der Waals surface area contributed by atoms with Gasteiger partial charge < -0.3 is 13.8 Å². The van der Waals surface area contributed by atoms with Crippen LogP contribution in [0.4, 0.5) is 0 Å². The lowest BCUT2D eigenvalue weighted by Crippen LogP contribution is -2.24. The minimum Gasteiger partial charge on any atom is -0.465 e. The summed E-state index contributed by atoms with van der Waals surface area (Å²) in [6.07, 6.45) is 0. The summed E-state index contributed by atoms with van der Waals surface area (Å²) in [5.74, 6) is -0.104. The molecule has 0 spiro atoms. The number of benzene rings is 1. The van der Waals surface area contributed by atoms with E-state index < -0.39 is 12.6 Å². The van der Waals surface area contributed by atoms with Crippen LogP contribution in [-0.2, 0) is 21.1 Å². The molecule has 0 saturated heterocycles. The fourth-order valence-corrected chi connectivity index (χ4v) is 4.29. The largest absolute Gasteiger partial charge is 0.465 e. The Morgan fingerprint density at radius 1 is 1.40 bits per heavy atom. The lowest BCUT2D eigenvalue weighted by atomic mass is 10.2. The van der Waals surface area contributed by atoms with Gasteiger partial charge in [0.15, 0.2) is 0 Å². The summed E-state index contributed by atoms with van der Waals surface area (Å²) in [6, 6.07) is 6.91. The zero-order valence-electron chi connectivity index (χ0n) is 12.1. The first kappa shape index (κ1) is 17.1. The highest BCUT2D eigenvalue weighted by molar-refractivity contribution is 8.09. The van der Waals surface area contributed by atoms with E-state index in [0.29, 0.717) is 17.9 Å². The van der Waals surface area contributed by atoms with Crippen LogP contribution in [0, 0.1) is 0 Å². The second-order valence-corrected chi connectivity index (χ2v) is 7.41. The molecule has 1 atom stereocenters. The van der Waals surface area contributed by atoms with Crippen molar-refractivity contribution >= 4 is 24.4 Å². The first-order valence-corrected chi connectivity index (χ1v) is 8.95. The van der Waals surface area contributed by atoms with Gasteiger partial charge >= 0.3 is 12.6 Å². The summed E-state index contributed by atoms with van der Waals surface area (Å²) in [6.45, 7) is 3.48. The van der Waals surface area contributed by atoms with Gasteiger partial charge in [-0.2, -0.15) is 0 Å². The van der Waals surface area contributed by atoms with E-state index in [1.54, 1.807) is 24.3 Å². The van der Waals surface area contributed by atoms with E-state index in [-0.39, 0.29) is 6.04 Å². The van der Waals surface area contributed by atoms with Crippen LogP contribution in [0.2, 0.25) is 0 Å². The third kappa shape index (κ3) is 4.87. The van der Waals surface area contributed by atoms with Crippen LogP contribution in [0.25, 0.3) is 0 Å². The topological polar surface area (TPSA) is 56.8 Å². The molecule has 1 aromatic carbocycles. The van der Waals surface area contributed by atoms with E-state index in [1.807, 2.05) is 20.8 Å². The van der Waals surface area contributed by atoms with Crippen molar-refractivity contribution in [1.82, 2.24) is 5.09 Å².